The first kappa shape index (κ1) is 23.7. The molecule has 0 bridgehead atoms. The molecule has 2 aromatic rings. The van der Waals surface area contributed by atoms with Crippen molar-refractivity contribution in [3.63, 3.8) is 0 Å². The molecule has 0 spiro atoms. The average molecular weight is 469 g/mol. The summed E-state index contributed by atoms with van der Waals surface area (Å²) in [6.07, 6.45) is -1.88. The predicted molar refractivity (Wildman–Crippen MR) is 122 cm³/mol. The van der Waals surface area contributed by atoms with Crippen molar-refractivity contribution >= 4 is 18.0 Å². The van der Waals surface area contributed by atoms with Crippen molar-refractivity contribution in [2.24, 2.45) is 5.92 Å². The Kier molecular flexibility index (Phi) is 7.44. The molecule has 2 amide bonds. The lowest BCUT2D eigenvalue weighted by Gasteiger charge is -2.20. The molecular formula is C25H28N2O7. The number of carboxylic acids is 1. The van der Waals surface area contributed by atoms with Crippen LogP contribution < -0.4 is 10.6 Å². The molecule has 1 unspecified atom stereocenters. The van der Waals surface area contributed by atoms with Gasteiger partial charge in [0.1, 0.15) is 12.7 Å². The summed E-state index contributed by atoms with van der Waals surface area (Å²) < 4.78 is 15.9. The second-order valence-corrected chi connectivity index (χ2v) is 8.35. The Balaban J connectivity index is 1.28. The maximum atomic E-state index is 12.4. The van der Waals surface area contributed by atoms with Gasteiger partial charge in [-0.2, -0.15) is 0 Å². The highest BCUT2D eigenvalue weighted by Crippen LogP contribution is 2.44. The number of rotatable bonds is 9. The van der Waals surface area contributed by atoms with Crippen LogP contribution >= 0.6 is 0 Å². The van der Waals surface area contributed by atoms with Crippen molar-refractivity contribution in [2.45, 2.75) is 24.5 Å². The summed E-state index contributed by atoms with van der Waals surface area (Å²) in [4.78, 5) is 35.9. The fourth-order valence-electron chi connectivity index (χ4n) is 4.56. The van der Waals surface area contributed by atoms with Crippen molar-refractivity contribution in [2.75, 3.05) is 33.4 Å². The molecule has 1 heterocycles. The van der Waals surface area contributed by atoms with Gasteiger partial charge in [-0.05, 0) is 28.7 Å². The number of ether oxygens (including phenoxy) is 3. The van der Waals surface area contributed by atoms with Gasteiger partial charge in [-0.25, -0.2) is 9.59 Å². The monoisotopic (exact) mass is 468 g/mol. The Hall–Kier alpha value is -3.43. The lowest BCUT2D eigenvalue weighted by Crippen LogP contribution is -2.45. The van der Waals surface area contributed by atoms with Crippen LogP contribution in [0.4, 0.5) is 4.79 Å². The summed E-state index contributed by atoms with van der Waals surface area (Å²) in [6, 6.07) is 16.2. The van der Waals surface area contributed by atoms with Gasteiger partial charge in [-0.15, -0.1) is 0 Å². The zero-order valence-corrected chi connectivity index (χ0v) is 18.9. The normalized spacial score (nSPS) is 19.7. The zero-order valence-electron chi connectivity index (χ0n) is 18.9. The number of carbonyl (C=O) groups excluding carboxylic acids is 2. The number of benzene rings is 2. The van der Waals surface area contributed by atoms with Crippen LogP contribution in [0, 0.1) is 5.92 Å². The molecule has 3 N–H and O–H groups in total. The number of carboxylic acid groups (broad SMARTS) is 1. The summed E-state index contributed by atoms with van der Waals surface area (Å²) in [7, 11) is 1.26. The zero-order chi connectivity index (χ0) is 24.1. The first-order valence-corrected chi connectivity index (χ1v) is 11.2. The fraction of sp³-hybridized carbons (Fsp3) is 0.400. The minimum absolute atomic E-state index is 0.0329. The van der Waals surface area contributed by atoms with E-state index < -0.39 is 30.2 Å². The highest BCUT2D eigenvalue weighted by Gasteiger charge is 2.35. The van der Waals surface area contributed by atoms with Crippen LogP contribution in [0.1, 0.15) is 23.5 Å². The molecular weight excluding hydrogens is 440 g/mol. The van der Waals surface area contributed by atoms with E-state index in [1.54, 1.807) is 0 Å². The SMILES string of the molecule is COC(CNC(=O)[C@@H]1OCC[C@@H]1CNC(=O)OCC1c2ccccc2-c2ccccc21)C(=O)O. The van der Waals surface area contributed by atoms with Gasteiger partial charge in [0.05, 0.1) is 6.54 Å². The van der Waals surface area contributed by atoms with Crippen molar-refractivity contribution in [3.05, 3.63) is 59.7 Å². The smallest absolute Gasteiger partial charge is 0.407 e. The van der Waals surface area contributed by atoms with E-state index in [1.807, 2.05) is 24.3 Å². The van der Waals surface area contributed by atoms with Gasteiger partial charge in [0.15, 0.2) is 6.10 Å². The molecule has 34 heavy (non-hydrogen) atoms. The molecule has 1 aliphatic carbocycles. The molecule has 0 radical (unpaired) electrons. The van der Waals surface area contributed by atoms with Crippen LogP contribution in [-0.2, 0) is 23.8 Å². The average Bonchev–Trinajstić information content (AvgIpc) is 3.44. The largest absolute Gasteiger partial charge is 0.479 e. The second-order valence-electron chi connectivity index (χ2n) is 8.35. The lowest BCUT2D eigenvalue weighted by molar-refractivity contribution is -0.148. The van der Waals surface area contributed by atoms with E-state index in [0.29, 0.717) is 13.0 Å². The van der Waals surface area contributed by atoms with E-state index in [4.69, 9.17) is 19.3 Å². The molecule has 2 aromatic carbocycles. The number of nitrogens with one attached hydrogen (secondary N) is 2. The Morgan fingerprint density at radius 2 is 1.71 bits per heavy atom. The van der Waals surface area contributed by atoms with Crippen molar-refractivity contribution < 1.29 is 33.7 Å². The quantitative estimate of drug-likeness (QED) is 0.515. The molecule has 180 valence electrons. The number of hydrogen-bond donors (Lipinski definition) is 3. The van der Waals surface area contributed by atoms with Crippen LogP contribution in [0.2, 0.25) is 0 Å². The van der Waals surface area contributed by atoms with Gasteiger partial charge < -0.3 is 30.0 Å². The van der Waals surface area contributed by atoms with Crippen LogP contribution in [-0.4, -0.2) is 68.7 Å². The van der Waals surface area contributed by atoms with Crippen molar-refractivity contribution in [3.8, 4) is 11.1 Å². The Bertz CT molecular complexity index is 1010. The fourth-order valence-corrected chi connectivity index (χ4v) is 4.56. The minimum atomic E-state index is -1.16. The maximum absolute atomic E-state index is 12.4. The Morgan fingerprint density at radius 1 is 1.06 bits per heavy atom. The van der Waals surface area contributed by atoms with Gasteiger partial charge >= 0.3 is 12.1 Å². The highest BCUT2D eigenvalue weighted by atomic mass is 16.5. The number of methoxy groups -OCH3 is 1. The van der Waals surface area contributed by atoms with E-state index in [-0.39, 0.29) is 31.5 Å². The third kappa shape index (κ3) is 5.05. The number of carbonyl (C=O) groups is 3. The molecule has 1 aliphatic heterocycles. The number of fused-ring (bicyclic) bond motifs is 3. The van der Waals surface area contributed by atoms with Crippen molar-refractivity contribution in [1.82, 2.24) is 10.6 Å². The standard InChI is InChI=1S/C25H28N2O7/c1-32-21(24(29)30)13-26-23(28)22-15(10-11-33-22)12-27-25(31)34-14-20-18-8-4-2-6-16(18)17-7-3-5-9-19(17)20/h2-9,15,20-22H,10-14H2,1H3,(H,26,28)(H,27,31)(H,29,30)/t15-,21?,22-/m1/s1. The van der Waals surface area contributed by atoms with Gasteiger partial charge in [0, 0.05) is 32.1 Å². The van der Waals surface area contributed by atoms with E-state index >= 15 is 0 Å². The third-order valence-corrected chi connectivity index (χ3v) is 6.35. The molecule has 1 fully saturated rings. The predicted octanol–water partition coefficient (Wildman–Crippen LogP) is 2.15. The number of alkyl carbamates (subject to hydrolysis) is 1. The molecule has 9 heteroatoms. The summed E-state index contributed by atoms with van der Waals surface area (Å²) in [5, 5.41) is 14.3. The van der Waals surface area contributed by atoms with Crippen LogP contribution in [0.25, 0.3) is 11.1 Å². The summed E-state index contributed by atoms with van der Waals surface area (Å²) >= 11 is 0. The van der Waals surface area contributed by atoms with Crippen molar-refractivity contribution in [1.29, 1.82) is 0 Å². The van der Waals surface area contributed by atoms with Gasteiger partial charge in [-0.1, -0.05) is 48.5 Å². The van der Waals surface area contributed by atoms with Crippen LogP contribution in [0.5, 0.6) is 0 Å². The lowest BCUT2D eigenvalue weighted by atomic mass is 9.98. The third-order valence-electron chi connectivity index (χ3n) is 6.35. The topological polar surface area (TPSA) is 123 Å². The highest BCUT2D eigenvalue weighted by molar-refractivity contribution is 5.82. The summed E-state index contributed by atoms with van der Waals surface area (Å²) in [5.41, 5.74) is 4.58. The molecule has 3 atom stereocenters. The first-order chi connectivity index (χ1) is 16.5. The van der Waals surface area contributed by atoms with Gasteiger partial charge in [-0.3, -0.25) is 4.79 Å². The summed E-state index contributed by atoms with van der Waals surface area (Å²) in [5.74, 6) is -1.87. The number of aliphatic carboxylic acids is 1. The van der Waals surface area contributed by atoms with Gasteiger partial charge in [0.2, 0.25) is 5.91 Å². The Labute approximate surface area is 197 Å². The first-order valence-electron chi connectivity index (χ1n) is 11.2. The molecule has 9 nitrogen and oxygen atoms in total. The molecule has 0 saturated carbocycles. The van der Waals surface area contributed by atoms with E-state index in [0.717, 1.165) is 22.3 Å². The van der Waals surface area contributed by atoms with E-state index in [9.17, 15) is 14.4 Å². The number of hydrogen-bond acceptors (Lipinski definition) is 6. The van der Waals surface area contributed by atoms with Gasteiger partial charge in [0.25, 0.3) is 0 Å². The minimum Gasteiger partial charge on any atom is -0.479 e. The molecule has 1 saturated heterocycles. The second kappa shape index (κ2) is 10.7. The Morgan fingerprint density at radius 3 is 2.32 bits per heavy atom. The molecule has 2 aliphatic rings. The van der Waals surface area contributed by atoms with Crippen LogP contribution in [0.3, 0.4) is 0 Å². The molecule has 0 aromatic heterocycles. The maximum Gasteiger partial charge on any atom is 0.407 e. The van der Waals surface area contributed by atoms with Crippen LogP contribution in [0.15, 0.2) is 48.5 Å². The van der Waals surface area contributed by atoms with E-state index in [2.05, 4.69) is 34.9 Å². The van der Waals surface area contributed by atoms with E-state index in [1.165, 1.54) is 7.11 Å². The summed E-state index contributed by atoms with van der Waals surface area (Å²) in [6.45, 7) is 0.624. The molecule has 4 rings (SSSR count). The number of amides is 2.